The van der Waals surface area contributed by atoms with Crippen molar-refractivity contribution in [3.05, 3.63) is 69.2 Å². The minimum Gasteiger partial charge on any atom is -0.324 e. The molecule has 0 atom stereocenters. The molecule has 0 aliphatic rings. The number of hydrogen-bond donors (Lipinski definition) is 1. The third-order valence-corrected chi connectivity index (χ3v) is 3.83. The maximum absolute atomic E-state index is 12.5. The fourth-order valence-electron chi connectivity index (χ4n) is 2.20. The van der Waals surface area contributed by atoms with Gasteiger partial charge in [0.15, 0.2) is 0 Å². The van der Waals surface area contributed by atoms with E-state index in [4.69, 9.17) is 11.6 Å². The van der Waals surface area contributed by atoms with Crippen molar-refractivity contribution in [2.24, 2.45) is 5.41 Å². The third kappa shape index (κ3) is 4.29. The molecule has 0 aliphatic heterocycles. The normalized spacial score (nSPS) is 11.1. The van der Waals surface area contributed by atoms with Gasteiger partial charge in [-0.3, -0.25) is 14.9 Å². The molecule has 2 rings (SSSR count). The van der Waals surface area contributed by atoms with E-state index in [0.29, 0.717) is 12.1 Å². The molecule has 0 aromatic heterocycles. The van der Waals surface area contributed by atoms with Crippen LogP contribution in [0.2, 0.25) is 5.02 Å². The van der Waals surface area contributed by atoms with Crippen molar-refractivity contribution in [3.8, 4) is 0 Å². The monoisotopic (exact) mass is 332 g/mol. The number of benzene rings is 2. The van der Waals surface area contributed by atoms with Crippen LogP contribution in [0, 0.1) is 15.5 Å². The van der Waals surface area contributed by atoms with Gasteiger partial charge in [0.25, 0.3) is 5.69 Å². The fraction of sp³-hybridized carbons (Fsp3) is 0.235. The predicted molar refractivity (Wildman–Crippen MR) is 90.7 cm³/mol. The Morgan fingerprint density at radius 1 is 1.22 bits per heavy atom. The zero-order chi connectivity index (χ0) is 17.0. The molecule has 0 unspecified atom stereocenters. The first-order valence-electron chi connectivity index (χ1n) is 7.09. The Labute approximate surface area is 139 Å². The second-order valence-corrected chi connectivity index (χ2v) is 6.33. The topological polar surface area (TPSA) is 72.2 Å². The van der Waals surface area contributed by atoms with Crippen LogP contribution in [0.4, 0.5) is 11.4 Å². The lowest BCUT2D eigenvalue weighted by molar-refractivity contribution is -0.384. The molecule has 1 amide bonds. The van der Waals surface area contributed by atoms with E-state index < -0.39 is 10.3 Å². The maximum Gasteiger partial charge on any atom is 0.271 e. The van der Waals surface area contributed by atoms with E-state index >= 15 is 0 Å². The fourth-order valence-corrected chi connectivity index (χ4v) is 2.42. The summed E-state index contributed by atoms with van der Waals surface area (Å²) >= 11 is 6.01. The summed E-state index contributed by atoms with van der Waals surface area (Å²) in [7, 11) is 0. The summed E-state index contributed by atoms with van der Waals surface area (Å²) in [6.07, 6.45) is 0.574. The summed E-state index contributed by atoms with van der Waals surface area (Å²) in [5.41, 5.74) is 0.661. The summed E-state index contributed by atoms with van der Waals surface area (Å²) in [4.78, 5) is 22.7. The first-order valence-corrected chi connectivity index (χ1v) is 7.47. The SMILES string of the molecule is CC(C)(Cc1ccccc1)C(=O)Nc1ccc([N+](=O)[O-])cc1Cl. The van der Waals surface area contributed by atoms with Crippen molar-refractivity contribution in [2.75, 3.05) is 5.32 Å². The van der Waals surface area contributed by atoms with E-state index in [-0.39, 0.29) is 16.6 Å². The molecule has 2 aromatic rings. The van der Waals surface area contributed by atoms with Crippen LogP contribution < -0.4 is 5.32 Å². The van der Waals surface area contributed by atoms with Gasteiger partial charge in [0.1, 0.15) is 0 Å². The van der Waals surface area contributed by atoms with Gasteiger partial charge >= 0.3 is 0 Å². The first kappa shape index (κ1) is 17.0. The number of nitro benzene ring substituents is 1. The highest BCUT2D eigenvalue weighted by atomic mass is 35.5. The Balaban J connectivity index is 2.13. The number of nitrogens with one attached hydrogen (secondary N) is 1. The van der Waals surface area contributed by atoms with Gasteiger partial charge in [-0.1, -0.05) is 55.8 Å². The lowest BCUT2D eigenvalue weighted by atomic mass is 9.84. The first-order chi connectivity index (χ1) is 10.8. The average Bonchev–Trinajstić information content (AvgIpc) is 2.49. The quantitative estimate of drug-likeness (QED) is 0.649. The van der Waals surface area contributed by atoms with E-state index in [2.05, 4.69) is 5.32 Å². The third-order valence-electron chi connectivity index (χ3n) is 3.52. The number of carbonyl (C=O) groups is 1. The van der Waals surface area contributed by atoms with Crippen molar-refractivity contribution in [1.82, 2.24) is 0 Å². The lowest BCUT2D eigenvalue weighted by Crippen LogP contribution is -2.32. The Morgan fingerprint density at radius 3 is 2.43 bits per heavy atom. The average molecular weight is 333 g/mol. The molecule has 2 aromatic carbocycles. The van der Waals surface area contributed by atoms with Gasteiger partial charge in [-0.05, 0) is 18.1 Å². The molecule has 6 heteroatoms. The number of halogens is 1. The molecule has 23 heavy (non-hydrogen) atoms. The summed E-state index contributed by atoms with van der Waals surface area (Å²) in [5, 5.41) is 13.6. The lowest BCUT2D eigenvalue weighted by Gasteiger charge is -2.24. The van der Waals surface area contributed by atoms with Crippen LogP contribution >= 0.6 is 11.6 Å². The van der Waals surface area contributed by atoms with Crippen LogP contribution in [0.5, 0.6) is 0 Å². The number of anilines is 1. The summed E-state index contributed by atoms with van der Waals surface area (Å²) < 4.78 is 0. The van der Waals surface area contributed by atoms with Crippen LogP contribution in [-0.4, -0.2) is 10.8 Å². The number of hydrogen-bond acceptors (Lipinski definition) is 3. The zero-order valence-corrected chi connectivity index (χ0v) is 13.6. The van der Waals surface area contributed by atoms with Crippen molar-refractivity contribution in [2.45, 2.75) is 20.3 Å². The van der Waals surface area contributed by atoms with Crippen molar-refractivity contribution in [3.63, 3.8) is 0 Å². The molecule has 1 N–H and O–H groups in total. The van der Waals surface area contributed by atoms with Gasteiger partial charge in [-0.2, -0.15) is 0 Å². The van der Waals surface area contributed by atoms with Gasteiger partial charge in [0.2, 0.25) is 5.91 Å². The van der Waals surface area contributed by atoms with Gasteiger partial charge in [-0.25, -0.2) is 0 Å². The number of carbonyl (C=O) groups excluding carboxylic acids is 1. The summed E-state index contributed by atoms with van der Waals surface area (Å²) in [6.45, 7) is 3.68. The Morgan fingerprint density at radius 2 is 1.87 bits per heavy atom. The van der Waals surface area contributed by atoms with Gasteiger partial charge in [-0.15, -0.1) is 0 Å². The molecule has 0 aliphatic carbocycles. The highest BCUT2D eigenvalue weighted by Gasteiger charge is 2.28. The molecule has 0 heterocycles. The molecule has 120 valence electrons. The molecule has 5 nitrogen and oxygen atoms in total. The number of rotatable bonds is 5. The zero-order valence-electron chi connectivity index (χ0n) is 12.9. The largest absolute Gasteiger partial charge is 0.324 e. The molecular formula is C17H17ClN2O3. The molecule has 0 saturated carbocycles. The Bertz CT molecular complexity index is 730. The minimum atomic E-state index is -0.646. The molecule has 0 saturated heterocycles. The number of amides is 1. The molecule has 0 fully saturated rings. The van der Waals surface area contributed by atoms with Gasteiger partial charge in [0.05, 0.1) is 15.6 Å². The predicted octanol–water partition coefficient (Wildman–Crippen LogP) is 4.46. The molecular weight excluding hydrogens is 316 g/mol. The van der Waals surface area contributed by atoms with Crippen LogP contribution in [0.25, 0.3) is 0 Å². The van der Waals surface area contributed by atoms with E-state index in [0.717, 1.165) is 5.56 Å². The second kappa shape index (κ2) is 6.79. The van der Waals surface area contributed by atoms with Gasteiger partial charge < -0.3 is 5.32 Å². The number of nitro groups is 1. The Hall–Kier alpha value is -2.40. The van der Waals surface area contributed by atoms with Crippen molar-refractivity contribution in [1.29, 1.82) is 0 Å². The molecule has 0 bridgehead atoms. The van der Waals surface area contributed by atoms with Crippen LogP contribution in [0.3, 0.4) is 0 Å². The van der Waals surface area contributed by atoms with Crippen molar-refractivity contribution < 1.29 is 9.72 Å². The number of nitrogens with zero attached hydrogens (tertiary/aromatic N) is 1. The van der Waals surface area contributed by atoms with Crippen molar-refractivity contribution >= 4 is 28.9 Å². The summed E-state index contributed by atoms with van der Waals surface area (Å²) in [5.74, 6) is -0.197. The standard InChI is InChI=1S/C17H17ClN2O3/c1-17(2,11-12-6-4-3-5-7-12)16(21)19-15-9-8-13(20(22)23)10-14(15)18/h3-10H,11H2,1-2H3,(H,19,21). The van der Waals surface area contributed by atoms with Crippen LogP contribution in [0.1, 0.15) is 19.4 Å². The van der Waals surface area contributed by atoms with Gasteiger partial charge in [0, 0.05) is 17.5 Å². The molecule has 0 radical (unpaired) electrons. The smallest absolute Gasteiger partial charge is 0.271 e. The Kier molecular flexibility index (Phi) is 5.01. The van der Waals surface area contributed by atoms with Crippen LogP contribution in [0.15, 0.2) is 48.5 Å². The van der Waals surface area contributed by atoms with E-state index in [1.54, 1.807) is 0 Å². The maximum atomic E-state index is 12.5. The summed E-state index contributed by atoms with van der Waals surface area (Å²) in [6, 6.07) is 13.7. The van der Waals surface area contributed by atoms with Crippen LogP contribution in [-0.2, 0) is 11.2 Å². The van der Waals surface area contributed by atoms with E-state index in [1.807, 2.05) is 44.2 Å². The minimum absolute atomic E-state index is 0.114. The second-order valence-electron chi connectivity index (χ2n) is 5.92. The highest BCUT2D eigenvalue weighted by Crippen LogP contribution is 2.29. The molecule has 0 spiro atoms. The van der Waals surface area contributed by atoms with E-state index in [9.17, 15) is 14.9 Å². The van der Waals surface area contributed by atoms with E-state index in [1.165, 1.54) is 18.2 Å². The number of non-ortho nitro benzene ring substituents is 1. The highest BCUT2D eigenvalue weighted by molar-refractivity contribution is 6.34.